The molecule has 0 radical (unpaired) electrons. The van der Waals surface area contributed by atoms with Crippen molar-refractivity contribution in [1.29, 1.82) is 0 Å². The summed E-state index contributed by atoms with van der Waals surface area (Å²) in [6.45, 7) is 2.08. The van der Waals surface area contributed by atoms with E-state index in [1.807, 2.05) is 5.38 Å². The Hall–Kier alpha value is -2.02. The second-order valence-electron chi connectivity index (χ2n) is 5.95. The molecule has 0 spiro atoms. The Morgan fingerprint density at radius 2 is 2.04 bits per heavy atom. The summed E-state index contributed by atoms with van der Waals surface area (Å²) in [5, 5.41) is 5.22. The smallest absolute Gasteiger partial charge is 0.230 e. The molecule has 27 heavy (non-hydrogen) atoms. The summed E-state index contributed by atoms with van der Waals surface area (Å²) in [4.78, 5) is 16.8. The molecule has 0 fully saturated rings. The zero-order valence-corrected chi connectivity index (χ0v) is 17.4. The van der Waals surface area contributed by atoms with Gasteiger partial charge in [-0.2, -0.15) is 0 Å². The van der Waals surface area contributed by atoms with Crippen molar-refractivity contribution in [3.63, 3.8) is 0 Å². The fraction of sp³-hybridized carbons (Fsp3) is 0.200. The summed E-state index contributed by atoms with van der Waals surface area (Å²) < 4.78 is 6.07. The molecule has 3 rings (SSSR count). The van der Waals surface area contributed by atoms with Crippen molar-refractivity contribution in [1.82, 2.24) is 4.98 Å². The Bertz CT molecular complexity index is 926. The molecule has 0 aliphatic heterocycles. The molecule has 0 saturated carbocycles. The number of ether oxygens (including phenoxy) is 1. The number of nitrogens with zero attached hydrogens (tertiary/aromatic N) is 1. The van der Waals surface area contributed by atoms with E-state index in [4.69, 9.17) is 16.3 Å². The number of amides is 1. The van der Waals surface area contributed by atoms with Crippen LogP contribution in [0.25, 0.3) is 0 Å². The van der Waals surface area contributed by atoms with Gasteiger partial charge in [-0.05, 0) is 30.7 Å². The number of carbonyl (C=O) groups excluding carboxylic acids is 1. The van der Waals surface area contributed by atoms with Crippen LogP contribution in [0.2, 0.25) is 5.02 Å². The van der Waals surface area contributed by atoms with Crippen LogP contribution in [0.4, 0.5) is 5.69 Å². The van der Waals surface area contributed by atoms with Gasteiger partial charge in [0.25, 0.3) is 0 Å². The predicted octanol–water partition coefficient (Wildman–Crippen LogP) is 5.59. The summed E-state index contributed by atoms with van der Waals surface area (Å²) in [6.07, 6.45) is 0.227. The van der Waals surface area contributed by atoms with Gasteiger partial charge in [-0.15, -0.1) is 11.3 Å². The molecule has 4 nitrogen and oxygen atoms in total. The minimum Gasteiger partial charge on any atom is -0.495 e. The highest BCUT2D eigenvalue weighted by atomic mass is 35.5. The Balaban J connectivity index is 1.53. The fourth-order valence-corrected chi connectivity index (χ4v) is 4.44. The molecular formula is C20H19ClN2O2S2. The van der Waals surface area contributed by atoms with Gasteiger partial charge >= 0.3 is 0 Å². The van der Waals surface area contributed by atoms with E-state index in [1.165, 1.54) is 11.1 Å². The third kappa shape index (κ3) is 5.73. The summed E-state index contributed by atoms with van der Waals surface area (Å²) in [6, 6.07) is 13.6. The lowest BCUT2D eigenvalue weighted by Crippen LogP contribution is -2.14. The highest BCUT2D eigenvalue weighted by Crippen LogP contribution is 2.28. The van der Waals surface area contributed by atoms with Crippen molar-refractivity contribution in [2.24, 2.45) is 0 Å². The average molecular weight is 419 g/mol. The van der Waals surface area contributed by atoms with Crippen molar-refractivity contribution >= 4 is 46.3 Å². The van der Waals surface area contributed by atoms with Crippen molar-refractivity contribution in [2.75, 3.05) is 12.4 Å². The highest BCUT2D eigenvalue weighted by molar-refractivity contribution is 8.00. The molecule has 0 saturated heterocycles. The number of benzene rings is 2. The van der Waals surface area contributed by atoms with E-state index >= 15 is 0 Å². The third-order valence-corrected chi connectivity index (χ3v) is 6.23. The summed E-state index contributed by atoms with van der Waals surface area (Å²) in [7, 11) is 1.55. The number of thiazole rings is 1. The first-order chi connectivity index (χ1) is 13.0. The lowest BCUT2D eigenvalue weighted by molar-refractivity contribution is -0.115. The maximum absolute atomic E-state index is 12.2. The van der Waals surface area contributed by atoms with E-state index in [9.17, 15) is 4.79 Å². The Morgan fingerprint density at radius 1 is 1.26 bits per heavy atom. The molecule has 2 aromatic carbocycles. The number of anilines is 1. The van der Waals surface area contributed by atoms with Crippen LogP contribution in [0.1, 0.15) is 16.8 Å². The van der Waals surface area contributed by atoms with Crippen molar-refractivity contribution in [2.45, 2.75) is 23.4 Å². The number of aryl methyl sites for hydroxylation is 1. The number of aromatic nitrogens is 1. The van der Waals surface area contributed by atoms with Crippen molar-refractivity contribution in [3.8, 4) is 5.75 Å². The Kier molecular flexibility index (Phi) is 6.77. The van der Waals surface area contributed by atoms with Crippen molar-refractivity contribution < 1.29 is 9.53 Å². The quantitative estimate of drug-likeness (QED) is 0.508. The standard InChI is InChI=1S/C20H19ClN2O2S2/c1-13-3-5-14(6-4-13)11-26-20-23-16(12-27-20)10-19(24)22-15-7-8-18(25-2)17(21)9-15/h3-9,12H,10-11H2,1-2H3,(H,22,24). The molecule has 0 unspecified atom stereocenters. The molecule has 1 amide bonds. The number of carbonyl (C=O) groups is 1. The molecule has 1 heterocycles. The number of hydrogen-bond acceptors (Lipinski definition) is 5. The van der Waals surface area contributed by atoms with E-state index in [2.05, 4.69) is 41.5 Å². The highest BCUT2D eigenvalue weighted by Gasteiger charge is 2.10. The van der Waals surface area contributed by atoms with Crippen LogP contribution in [-0.4, -0.2) is 18.0 Å². The van der Waals surface area contributed by atoms with Gasteiger partial charge in [-0.1, -0.05) is 53.2 Å². The van der Waals surface area contributed by atoms with Gasteiger partial charge in [0.2, 0.25) is 5.91 Å². The topological polar surface area (TPSA) is 51.2 Å². The largest absolute Gasteiger partial charge is 0.495 e. The number of rotatable bonds is 7. The van der Waals surface area contributed by atoms with Gasteiger partial charge in [0.1, 0.15) is 10.1 Å². The van der Waals surface area contributed by atoms with Gasteiger partial charge in [0.15, 0.2) is 0 Å². The molecule has 3 aromatic rings. The van der Waals surface area contributed by atoms with Crippen LogP contribution >= 0.6 is 34.7 Å². The monoisotopic (exact) mass is 418 g/mol. The Labute approximate surface area is 171 Å². The van der Waals surface area contributed by atoms with Crippen LogP contribution in [0, 0.1) is 6.92 Å². The summed E-state index contributed by atoms with van der Waals surface area (Å²) >= 11 is 9.32. The van der Waals surface area contributed by atoms with E-state index in [0.717, 1.165) is 15.8 Å². The Morgan fingerprint density at radius 3 is 2.74 bits per heavy atom. The molecular weight excluding hydrogens is 400 g/mol. The van der Waals surface area contributed by atoms with Crippen LogP contribution in [0.3, 0.4) is 0 Å². The number of methoxy groups -OCH3 is 1. The number of nitrogens with one attached hydrogen (secondary N) is 1. The third-order valence-electron chi connectivity index (χ3n) is 3.79. The maximum atomic E-state index is 12.2. The predicted molar refractivity (Wildman–Crippen MR) is 113 cm³/mol. The van der Waals surface area contributed by atoms with Crippen LogP contribution in [0.5, 0.6) is 5.75 Å². The van der Waals surface area contributed by atoms with Gasteiger partial charge in [0, 0.05) is 16.8 Å². The molecule has 140 valence electrons. The zero-order chi connectivity index (χ0) is 19.2. The van der Waals surface area contributed by atoms with E-state index in [1.54, 1.807) is 48.4 Å². The lowest BCUT2D eigenvalue weighted by Gasteiger charge is -2.07. The minimum atomic E-state index is -0.128. The number of halogens is 1. The SMILES string of the molecule is COc1ccc(NC(=O)Cc2csc(SCc3ccc(C)cc3)n2)cc1Cl. The van der Waals surface area contributed by atoms with Gasteiger partial charge in [-0.25, -0.2) is 4.98 Å². The van der Waals surface area contributed by atoms with Gasteiger partial charge in [-0.3, -0.25) is 4.79 Å². The first-order valence-corrected chi connectivity index (χ1v) is 10.5. The lowest BCUT2D eigenvalue weighted by atomic mass is 10.2. The second-order valence-corrected chi connectivity index (χ2v) is 8.44. The van der Waals surface area contributed by atoms with Gasteiger partial charge in [0.05, 0.1) is 24.2 Å². The average Bonchev–Trinajstić information content (AvgIpc) is 3.08. The first kappa shape index (κ1) is 19.7. The summed E-state index contributed by atoms with van der Waals surface area (Å²) in [5.74, 6) is 1.31. The normalized spacial score (nSPS) is 10.6. The molecule has 0 bridgehead atoms. The van der Waals surface area contributed by atoms with Crippen LogP contribution in [0.15, 0.2) is 52.2 Å². The van der Waals surface area contributed by atoms with Crippen LogP contribution in [-0.2, 0) is 17.0 Å². The zero-order valence-electron chi connectivity index (χ0n) is 15.0. The molecule has 7 heteroatoms. The molecule has 0 aliphatic carbocycles. The number of hydrogen-bond donors (Lipinski definition) is 1. The maximum Gasteiger partial charge on any atom is 0.230 e. The minimum absolute atomic E-state index is 0.128. The first-order valence-electron chi connectivity index (χ1n) is 8.29. The fourth-order valence-electron chi connectivity index (χ4n) is 2.38. The number of thioether (sulfide) groups is 1. The molecule has 1 N–H and O–H groups in total. The van der Waals surface area contributed by atoms with Crippen molar-refractivity contribution in [3.05, 3.63) is 69.7 Å². The van der Waals surface area contributed by atoms with E-state index < -0.39 is 0 Å². The van der Waals surface area contributed by atoms with Gasteiger partial charge < -0.3 is 10.1 Å². The summed E-state index contributed by atoms with van der Waals surface area (Å²) in [5.41, 5.74) is 3.92. The molecule has 1 aromatic heterocycles. The second kappa shape index (κ2) is 9.26. The molecule has 0 atom stereocenters. The van der Waals surface area contributed by atoms with Crippen LogP contribution < -0.4 is 10.1 Å². The van der Waals surface area contributed by atoms with E-state index in [-0.39, 0.29) is 12.3 Å². The van der Waals surface area contributed by atoms with E-state index in [0.29, 0.717) is 16.5 Å². The molecule has 0 aliphatic rings.